The van der Waals surface area contributed by atoms with E-state index >= 15 is 0 Å². The predicted octanol–water partition coefficient (Wildman–Crippen LogP) is 7.23. The summed E-state index contributed by atoms with van der Waals surface area (Å²) in [6.07, 6.45) is 1.25. The van der Waals surface area contributed by atoms with Crippen LogP contribution in [0.5, 0.6) is 17.2 Å². The van der Waals surface area contributed by atoms with Gasteiger partial charge in [0.15, 0.2) is 0 Å². The number of hydrogen-bond acceptors (Lipinski definition) is 4. The van der Waals surface area contributed by atoms with Crippen molar-refractivity contribution in [3.8, 4) is 17.2 Å². The second kappa shape index (κ2) is 8.61. The molecule has 0 radical (unpaired) electrons. The molecular formula is C24H17Cl2FO4. The van der Waals surface area contributed by atoms with E-state index in [1.54, 1.807) is 36.4 Å². The van der Waals surface area contributed by atoms with Gasteiger partial charge in [-0.05, 0) is 61.4 Å². The van der Waals surface area contributed by atoms with Crippen molar-refractivity contribution in [1.82, 2.24) is 0 Å². The first kappa shape index (κ1) is 21.2. The number of halogens is 3. The van der Waals surface area contributed by atoms with Crippen molar-refractivity contribution in [2.45, 2.75) is 20.5 Å². The van der Waals surface area contributed by atoms with Crippen LogP contribution < -0.4 is 14.9 Å². The van der Waals surface area contributed by atoms with Gasteiger partial charge in [0.05, 0.1) is 10.4 Å². The van der Waals surface area contributed by atoms with E-state index in [1.807, 2.05) is 13.8 Å². The fourth-order valence-corrected chi connectivity index (χ4v) is 3.50. The highest BCUT2D eigenvalue weighted by atomic mass is 35.5. The number of rotatable bonds is 5. The zero-order valence-electron chi connectivity index (χ0n) is 16.7. The van der Waals surface area contributed by atoms with E-state index in [1.165, 1.54) is 18.4 Å². The smallest absolute Gasteiger partial charge is 0.235 e. The molecule has 0 atom stereocenters. The minimum absolute atomic E-state index is 0.0560. The topological polar surface area (TPSA) is 48.7 Å². The summed E-state index contributed by atoms with van der Waals surface area (Å²) in [5, 5.41) is 1.26. The summed E-state index contributed by atoms with van der Waals surface area (Å²) < 4.78 is 30.9. The highest BCUT2D eigenvalue weighted by Gasteiger charge is 2.13. The van der Waals surface area contributed by atoms with E-state index < -0.39 is 5.82 Å². The lowest BCUT2D eigenvalue weighted by atomic mass is 10.1. The number of ether oxygens (including phenoxy) is 2. The Morgan fingerprint density at radius 1 is 1.00 bits per heavy atom. The molecule has 0 amide bonds. The number of fused-ring (bicyclic) bond motifs is 1. The lowest BCUT2D eigenvalue weighted by Crippen LogP contribution is -2.05. The van der Waals surface area contributed by atoms with Crippen LogP contribution in [-0.4, -0.2) is 0 Å². The van der Waals surface area contributed by atoms with Gasteiger partial charge in [-0.1, -0.05) is 29.3 Å². The summed E-state index contributed by atoms with van der Waals surface area (Å²) in [6, 6.07) is 12.7. The number of hydrogen-bond donors (Lipinski definition) is 0. The maximum Gasteiger partial charge on any atom is 0.235 e. The van der Waals surface area contributed by atoms with E-state index in [0.29, 0.717) is 27.5 Å². The van der Waals surface area contributed by atoms with Crippen LogP contribution in [0.1, 0.15) is 16.7 Å². The predicted molar refractivity (Wildman–Crippen MR) is 119 cm³/mol. The SMILES string of the molecule is Cc1cc(Oc2coc3cc(OCc4c(F)cccc4Cl)ccc3c2=O)cc(C)c1Cl. The Kier molecular flexibility index (Phi) is 5.90. The molecule has 0 saturated carbocycles. The zero-order chi connectivity index (χ0) is 22.1. The van der Waals surface area contributed by atoms with Gasteiger partial charge < -0.3 is 13.9 Å². The van der Waals surface area contributed by atoms with Gasteiger partial charge in [0.2, 0.25) is 11.2 Å². The monoisotopic (exact) mass is 458 g/mol. The van der Waals surface area contributed by atoms with Crippen molar-refractivity contribution in [1.29, 1.82) is 0 Å². The van der Waals surface area contributed by atoms with Crippen molar-refractivity contribution in [2.24, 2.45) is 0 Å². The zero-order valence-corrected chi connectivity index (χ0v) is 18.2. The summed E-state index contributed by atoms with van der Waals surface area (Å²) in [5.74, 6) is 0.509. The summed E-state index contributed by atoms with van der Waals surface area (Å²) in [5.41, 5.74) is 1.94. The standard InChI is InChI=1S/C24H17Cl2FO4/c1-13-8-16(9-14(2)23(13)26)31-22-12-30-21-10-15(6-7-17(21)24(22)28)29-11-18-19(25)4-3-5-20(18)27/h3-10,12H,11H2,1-2H3. The highest BCUT2D eigenvalue weighted by molar-refractivity contribution is 6.32. The van der Waals surface area contributed by atoms with Gasteiger partial charge in [-0.3, -0.25) is 4.79 Å². The molecule has 0 bridgehead atoms. The number of benzene rings is 3. The minimum atomic E-state index is -0.450. The molecule has 4 nitrogen and oxygen atoms in total. The molecule has 1 aromatic heterocycles. The van der Waals surface area contributed by atoms with Crippen molar-refractivity contribution in [3.63, 3.8) is 0 Å². The molecule has 0 unspecified atom stereocenters. The quantitative estimate of drug-likeness (QED) is 0.316. The molecule has 0 N–H and O–H groups in total. The second-order valence-electron chi connectivity index (χ2n) is 7.05. The van der Waals surface area contributed by atoms with Gasteiger partial charge in [0, 0.05) is 16.7 Å². The second-order valence-corrected chi connectivity index (χ2v) is 7.83. The van der Waals surface area contributed by atoms with Crippen LogP contribution in [0.3, 0.4) is 0 Å². The van der Waals surface area contributed by atoms with E-state index in [9.17, 15) is 9.18 Å². The average Bonchev–Trinajstić information content (AvgIpc) is 2.73. The molecule has 1 heterocycles. The highest BCUT2D eigenvalue weighted by Crippen LogP contribution is 2.30. The van der Waals surface area contributed by atoms with E-state index in [4.69, 9.17) is 37.1 Å². The Labute approximate surface area is 187 Å². The van der Waals surface area contributed by atoms with Crippen molar-refractivity contribution < 1.29 is 18.3 Å². The van der Waals surface area contributed by atoms with Gasteiger partial charge in [0.1, 0.15) is 35.8 Å². The van der Waals surface area contributed by atoms with Crippen LogP contribution in [0.25, 0.3) is 11.0 Å². The first-order chi connectivity index (χ1) is 14.8. The minimum Gasteiger partial charge on any atom is -0.489 e. The van der Waals surface area contributed by atoms with Gasteiger partial charge >= 0.3 is 0 Å². The number of aryl methyl sites for hydroxylation is 2. The molecule has 4 rings (SSSR count). The first-order valence-corrected chi connectivity index (χ1v) is 10.1. The Bertz CT molecular complexity index is 1300. The molecular weight excluding hydrogens is 442 g/mol. The average molecular weight is 459 g/mol. The Morgan fingerprint density at radius 3 is 2.45 bits per heavy atom. The molecule has 0 aliphatic heterocycles. The van der Waals surface area contributed by atoms with Crippen molar-refractivity contribution in [2.75, 3.05) is 0 Å². The maximum atomic E-state index is 13.9. The van der Waals surface area contributed by atoms with Gasteiger partial charge in [-0.15, -0.1) is 0 Å². The Hall–Kier alpha value is -3.02. The fraction of sp³-hybridized carbons (Fsp3) is 0.125. The lowest BCUT2D eigenvalue weighted by molar-refractivity contribution is 0.300. The normalized spacial score (nSPS) is 11.0. The summed E-state index contributed by atoms with van der Waals surface area (Å²) >= 11 is 12.2. The molecule has 3 aromatic carbocycles. The molecule has 0 aliphatic carbocycles. The van der Waals surface area contributed by atoms with Gasteiger partial charge in [-0.25, -0.2) is 4.39 Å². The van der Waals surface area contributed by atoms with Gasteiger partial charge in [0.25, 0.3) is 0 Å². The first-order valence-electron chi connectivity index (χ1n) is 9.39. The Morgan fingerprint density at radius 2 is 1.74 bits per heavy atom. The summed E-state index contributed by atoms with van der Waals surface area (Å²) in [7, 11) is 0. The molecule has 158 valence electrons. The lowest BCUT2D eigenvalue weighted by Gasteiger charge is -2.11. The van der Waals surface area contributed by atoms with Crippen LogP contribution in [0.15, 0.2) is 64.0 Å². The van der Waals surface area contributed by atoms with Crippen LogP contribution in [0.2, 0.25) is 10.0 Å². The van der Waals surface area contributed by atoms with Crippen LogP contribution in [-0.2, 0) is 6.61 Å². The van der Waals surface area contributed by atoms with Crippen LogP contribution >= 0.6 is 23.2 Å². The molecule has 31 heavy (non-hydrogen) atoms. The third-order valence-corrected chi connectivity index (χ3v) is 5.75. The maximum absolute atomic E-state index is 13.9. The van der Waals surface area contributed by atoms with Crippen LogP contribution in [0, 0.1) is 19.7 Å². The Balaban J connectivity index is 1.59. The van der Waals surface area contributed by atoms with Crippen molar-refractivity contribution >= 4 is 34.2 Å². The molecule has 4 aromatic rings. The molecule has 0 aliphatic rings. The molecule has 0 fully saturated rings. The fourth-order valence-electron chi connectivity index (χ4n) is 3.17. The van der Waals surface area contributed by atoms with Crippen LogP contribution in [0.4, 0.5) is 4.39 Å². The third kappa shape index (κ3) is 4.38. The third-order valence-electron chi connectivity index (χ3n) is 4.80. The molecule has 0 saturated heterocycles. The van der Waals surface area contributed by atoms with E-state index in [-0.39, 0.29) is 28.4 Å². The van der Waals surface area contributed by atoms with Gasteiger partial charge in [-0.2, -0.15) is 0 Å². The van der Waals surface area contributed by atoms with Crippen molar-refractivity contribution in [3.05, 3.63) is 97.6 Å². The molecule has 0 spiro atoms. The largest absolute Gasteiger partial charge is 0.489 e. The summed E-state index contributed by atoms with van der Waals surface area (Å²) in [6.45, 7) is 3.67. The van der Waals surface area contributed by atoms with E-state index in [0.717, 1.165) is 11.1 Å². The summed E-state index contributed by atoms with van der Waals surface area (Å²) in [4.78, 5) is 12.8. The molecule has 7 heteroatoms. The van der Waals surface area contributed by atoms with E-state index in [2.05, 4.69) is 0 Å².